The van der Waals surface area contributed by atoms with Crippen molar-refractivity contribution in [1.82, 2.24) is 10.3 Å². The van der Waals surface area contributed by atoms with Crippen molar-refractivity contribution in [3.63, 3.8) is 0 Å². The molecule has 1 heterocycles. The number of hydrogen-bond donors (Lipinski definition) is 2. The van der Waals surface area contributed by atoms with Gasteiger partial charge < -0.3 is 10.3 Å². The molecule has 0 bridgehead atoms. The van der Waals surface area contributed by atoms with Gasteiger partial charge in [0.1, 0.15) is 0 Å². The van der Waals surface area contributed by atoms with E-state index < -0.39 is 0 Å². The highest BCUT2D eigenvalue weighted by molar-refractivity contribution is 6.09. The average molecular weight is 272 g/mol. The van der Waals surface area contributed by atoms with Crippen molar-refractivity contribution < 1.29 is 4.79 Å². The fourth-order valence-corrected chi connectivity index (χ4v) is 2.21. The van der Waals surface area contributed by atoms with Gasteiger partial charge in [-0.15, -0.1) is 0 Å². The van der Waals surface area contributed by atoms with Crippen LogP contribution < -0.4 is 5.32 Å². The Kier molecular flexibility index (Phi) is 4.00. The van der Waals surface area contributed by atoms with Crippen LogP contribution in [0.5, 0.6) is 0 Å². The van der Waals surface area contributed by atoms with Crippen LogP contribution in [0.4, 0.5) is 0 Å². The molecule has 0 aliphatic carbocycles. The molecule has 0 aliphatic rings. The normalized spacial score (nSPS) is 12.3. The third-order valence-electron chi connectivity index (χ3n) is 3.52. The van der Waals surface area contributed by atoms with Crippen LogP contribution in [0.3, 0.4) is 0 Å². The maximum absolute atomic E-state index is 12.3. The van der Waals surface area contributed by atoms with E-state index in [1.165, 1.54) is 5.56 Å². The Hall–Kier alpha value is -1.61. The maximum atomic E-state index is 12.3. The van der Waals surface area contributed by atoms with E-state index in [0.717, 1.165) is 16.5 Å². The standard InChI is InChI=1S/C17H24N2O/c1-11(2)18-10-16(20)14-9-19-15-7-6-12(8-13(14)15)17(3,4)5/h6-9,11,18-19H,10H2,1-5H3. The van der Waals surface area contributed by atoms with E-state index in [-0.39, 0.29) is 11.2 Å². The predicted molar refractivity (Wildman–Crippen MR) is 84.5 cm³/mol. The van der Waals surface area contributed by atoms with Gasteiger partial charge in [-0.05, 0) is 23.1 Å². The fourth-order valence-electron chi connectivity index (χ4n) is 2.21. The zero-order valence-electron chi connectivity index (χ0n) is 13.0. The quantitative estimate of drug-likeness (QED) is 0.835. The van der Waals surface area contributed by atoms with Crippen LogP contribution >= 0.6 is 0 Å². The van der Waals surface area contributed by atoms with Gasteiger partial charge in [-0.2, -0.15) is 0 Å². The second kappa shape index (κ2) is 5.41. The first-order valence-electron chi connectivity index (χ1n) is 7.17. The number of carbonyl (C=O) groups is 1. The summed E-state index contributed by atoms with van der Waals surface area (Å²) in [5.74, 6) is 0.135. The van der Waals surface area contributed by atoms with Gasteiger partial charge >= 0.3 is 0 Å². The second-order valence-corrected chi connectivity index (χ2v) is 6.67. The molecule has 3 heteroatoms. The van der Waals surface area contributed by atoms with Crippen LogP contribution in [0, 0.1) is 0 Å². The minimum absolute atomic E-state index is 0.0853. The smallest absolute Gasteiger partial charge is 0.178 e. The first-order valence-corrected chi connectivity index (χ1v) is 7.17. The number of aromatic nitrogens is 1. The molecule has 3 nitrogen and oxygen atoms in total. The van der Waals surface area contributed by atoms with Crippen molar-refractivity contribution in [2.75, 3.05) is 6.54 Å². The maximum Gasteiger partial charge on any atom is 0.178 e. The summed E-state index contributed by atoms with van der Waals surface area (Å²) < 4.78 is 0. The van der Waals surface area contributed by atoms with E-state index in [9.17, 15) is 4.79 Å². The van der Waals surface area contributed by atoms with Gasteiger partial charge in [0, 0.05) is 28.7 Å². The molecule has 0 aliphatic heterocycles. The lowest BCUT2D eigenvalue weighted by molar-refractivity contribution is 0.0990. The van der Waals surface area contributed by atoms with E-state index in [1.807, 2.05) is 20.0 Å². The number of hydrogen-bond acceptors (Lipinski definition) is 2. The Balaban J connectivity index is 2.37. The molecule has 0 atom stereocenters. The van der Waals surface area contributed by atoms with Crippen LogP contribution in [-0.4, -0.2) is 23.4 Å². The van der Waals surface area contributed by atoms with Crippen LogP contribution in [0.2, 0.25) is 0 Å². The summed E-state index contributed by atoms with van der Waals surface area (Å²) in [5.41, 5.74) is 3.13. The minimum Gasteiger partial charge on any atom is -0.360 e. The van der Waals surface area contributed by atoms with Gasteiger partial charge in [-0.3, -0.25) is 4.79 Å². The predicted octanol–water partition coefficient (Wildman–Crippen LogP) is 3.65. The number of Topliss-reactive ketones (excluding diaryl/α,β-unsaturated/α-hetero) is 1. The van der Waals surface area contributed by atoms with Crippen molar-refractivity contribution in [1.29, 1.82) is 0 Å². The summed E-state index contributed by atoms with van der Waals surface area (Å²) in [6, 6.07) is 6.63. The Bertz CT molecular complexity index is 617. The number of carbonyl (C=O) groups excluding carboxylic acids is 1. The van der Waals surface area contributed by atoms with Gasteiger partial charge in [0.15, 0.2) is 5.78 Å². The van der Waals surface area contributed by atoms with E-state index >= 15 is 0 Å². The molecule has 20 heavy (non-hydrogen) atoms. The minimum atomic E-state index is 0.0853. The topological polar surface area (TPSA) is 44.9 Å². The van der Waals surface area contributed by atoms with Crippen LogP contribution in [0.25, 0.3) is 10.9 Å². The Morgan fingerprint density at radius 1 is 1.30 bits per heavy atom. The molecule has 0 fully saturated rings. The molecule has 1 aromatic carbocycles. The van der Waals surface area contributed by atoms with Crippen molar-refractivity contribution in [3.05, 3.63) is 35.5 Å². The first-order chi connectivity index (χ1) is 9.29. The van der Waals surface area contributed by atoms with Crippen molar-refractivity contribution in [3.8, 4) is 0 Å². The molecule has 0 spiro atoms. The van der Waals surface area contributed by atoms with Crippen molar-refractivity contribution in [2.45, 2.75) is 46.1 Å². The van der Waals surface area contributed by atoms with Gasteiger partial charge in [0.05, 0.1) is 6.54 Å². The summed E-state index contributed by atoms with van der Waals surface area (Å²) >= 11 is 0. The van der Waals surface area contributed by atoms with Crippen LogP contribution in [0.15, 0.2) is 24.4 Å². The Morgan fingerprint density at radius 3 is 2.60 bits per heavy atom. The van der Waals surface area contributed by atoms with Crippen LogP contribution in [0.1, 0.15) is 50.5 Å². The van der Waals surface area contributed by atoms with E-state index in [2.05, 4.69) is 49.3 Å². The molecule has 2 rings (SSSR count). The number of rotatable bonds is 4. The third kappa shape index (κ3) is 3.10. The number of aromatic amines is 1. The number of H-pyrrole nitrogens is 1. The largest absolute Gasteiger partial charge is 0.360 e. The summed E-state index contributed by atoms with van der Waals surface area (Å²) in [6.45, 7) is 11.0. The lowest BCUT2D eigenvalue weighted by atomic mass is 9.86. The van der Waals surface area contributed by atoms with Crippen molar-refractivity contribution >= 4 is 16.7 Å². The van der Waals surface area contributed by atoms with Gasteiger partial charge in [-0.1, -0.05) is 40.7 Å². The lowest BCUT2D eigenvalue weighted by Gasteiger charge is -2.19. The highest BCUT2D eigenvalue weighted by Gasteiger charge is 2.17. The van der Waals surface area contributed by atoms with Crippen molar-refractivity contribution in [2.24, 2.45) is 0 Å². The summed E-state index contributed by atoms with van der Waals surface area (Å²) in [6.07, 6.45) is 1.82. The molecule has 1 aromatic heterocycles. The van der Waals surface area contributed by atoms with E-state index in [0.29, 0.717) is 12.6 Å². The first kappa shape index (κ1) is 14.8. The zero-order chi connectivity index (χ0) is 14.9. The summed E-state index contributed by atoms with van der Waals surface area (Å²) in [4.78, 5) is 15.5. The third-order valence-corrected chi connectivity index (χ3v) is 3.52. The molecule has 0 unspecified atom stereocenters. The van der Waals surface area contributed by atoms with Gasteiger partial charge in [0.2, 0.25) is 0 Å². The summed E-state index contributed by atoms with van der Waals surface area (Å²) in [7, 11) is 0. The summed E-state index contributed by atoms with van der Waals surface area (Å²) in [5, 5.41) is 4.20. The van der Waals surface area contributed by atoms with Crippen LogP contribution in [-0.2, 0) is 5.41 Å². The van der Waals surface area contributed by atoms with Gasteiger partial charge in [-0.25, -0.2) is 0 Å². The Morgan fingerprint density at radius 2 is 2.00 bits per heavy atom. The Labute approximate surface area is 120 Å². The lowest BCUT2D eigenvalue weighted by Crippen LogP contribution is -2.29. The molecular weight excluding hydrogens is 248 g/mol. The number of nitrogens with one attached hydrogen (secondary N) is 2. The number of benzene rings is 1. The molecule has 0 saturated carbocycles. The molecule has 2 N–H and O–H groups in total. The average Bonchev–Trinajstić information content (AvgIpc) is 2.77. The highest BCUT2D eigenvalue weighted by atomic mass is 16.1. The van der Waals surface area contributed by atoms with E-state index in [1.54, 1.807) is 0 Å². The molecule has 2 aromatic rings. The molecule has 0 amide bonds. The molecule has 0 radical (unpaired) electrons. The van der Waals surface area contributed by atoms with E-state index in [4.69, 9.17) is 0 Å². The second-order valence-electron chi connectivity index (χ2n) is 6.67. The SMILES string of the molecule is CC(C)NCC(=O)c1c[nH]c2ccc(C(C)(C)C)cc12. The monoisotopic (exact) mass is 272 g/mol. The molecule has 0 saturated heterocycles. The molecule has 108 valence electrons. The van der Waals surface area contributed by atoms with Gasteiger partial charge in [0.25, 0.3) is 0 Å². The number of fused-ring (bicyclic) bond motifs is 1. The molecular formula is C17H24N2O. The zero-order valence-corrected chi connectivity index (χ0v) is 13.0. The highest BCUT2D eigenvalue weighted by Crippen LogP contribution is 2.27. The number of ketones is 1. The fraction of sp³-hybridized carbons (Fsp3) is 0.471.